The SMILES string of the molecule is CCS(=O)(=O)CCOc1ccc(C/C(N)=N/O)cc1. The zero-order valence-corrected chi connectivity index (χ0v) is 11.6. The van der Waals surface area contributed by atoms with Gasteiger partial charge in [0.05, 0.1) is 5.75 Å². The van der Waals surface area contributed by atoms with Gasteiger partial charge in [0.2, 0.25) is 0 Å². The van der Waals surface area contributed by atoms with Crippen molar-refractivity contribution in [1.82, 2.24) is 0 Å². The Morgan fingerprint density at radius 1 is 1.37 bits per heavy atom. The number of ether oxygens (including phenoxy) is 1. The number of oxime groups is 1. The van der Waals surface area contributed by atoms with Crippen molar-refractivity contribution in [2.24, 2.45) is 10.9 Å². The van der Waals surface area contributed by atoms with Crippen LogP contribution in [0.5, 0.6) is 5.75 Å². The van der Waals surface area contributed by atoms with Crippen molar-refractivity contribution in [3.63, 3.8) is 0 Å². The van der Waals surface area contributed by atoms with Crippen molar-refractivity contribution in [2.75, 3.05) is 18.1 Å². The minimum Gasteiger partial charge on any atom is -0.493 e. The molecule has 6 nitrogen and oxygen atoms in total. The lowest BCUT2D eigenvalue weighted by atomic mass is 10.1. The third-order valence-corrected chi connectivity index (χ3v) is 4.21. The average molecular weight is 286 g/mol. The first kappa shape index (κ1) is 15.3. The molecular formula is C12H18N2O4S. The van der Waals surface area contributed by atoms with Crippen LogP contribution in [0.3, 0.4) is 0 Å². The van der Waals surface area contributed by atoms with Gasteiger partial charge in [0.15, 0.2) is 9.84 Å². The lowest BCUT2D eigenvalue weighted by Gasteiger charge is -2.07. The summed E-state index contributed by atoms with van der Waals surface area (Å²) in [6.07, 6.45) is 0.348. The van der Waals surface area contributed by atoms with Gasteiger partial charge in [-0.3, -0.25) is 0 Å². The fourth-order valence-corrected chi connectivity index (χ4v) is 2.00. The van der Waals surface area contributed by atoms with Crippen LogP contribution < -0.4 is 10.5 Å². The van der Waals surface area contributed by atoms with E-state index in [4.69, 9.17) is 15.7 Å². The number of nitrogens with zero attached hydrogens (tertiary/aromatic N) is 1. The highest BCUT2D eigenvalue weighted by Crippen LogP contribution is 2.12. The first-order valence-electron chi connectivity index (χ1n) is 5.85. The summed E-state index contributed by atoms with van der Waals surface area (Å²) in [4.78, 5) is 0. The normalized spacial score (nSPS) is 12.4. The Labute approximate surface area is 112 Å². The van der Waals surface area contributed by atoms with Crippen molar-refractivity contribution in [1.29, 1.82) is 0 Å². The summed E-state index contributed by atoms with van der Waals surface area (Å²) in [6.45, 7) is 1.74. The van der Waals surface area contributed by atoms with Crippen LogP contribution in [0, 0.1) is 0 Å². The topological polar surface area (TPSA) is 102 Å². The van der Waals surface area contributed by atoms with E-state index in [0.29, 0.717) is 12.2 Å². The summed E-state index contributed by atoms with van der Waals surface area (Å²) in [5.74, 6) is 0.849. The van der Waals surface area contributed by atoms with Gasteiger partial charge in [-0.1, -0.05) is 24.2 Å². The Hall–Kier alpha value is -1.76. The van der Waals surface area contributed by atoms with Gasteiger partial charge in [-0.15, -0.1) is 0 Å². The van der Waals surface area contributed by atoms with Gasteiger partial charge in [0.1, 0.15) is 18.2 Å². The van der Waals surface area contributed by atoms with Gasteiger partial charge < -0.3 is 15.7 Å². The number of benzene rings is 1. The molecule has 19 heavy (non-hydrogen) atoms. The van der Waals surface area contributed by atoms with Gasteiger partial charge in [-0.2, -0.15) is 0 Å². The molecule has 0 saturated heterocycles. The maximum Gasteiger partial charge on any atom is 0.153 e. The van der Waals surface area contributed by atoms with Crippen molar-refractivity contribution in [2.45, 2.75) is 13.3 Å². The fourth-order valence-electron chi connectivity index (χ4n) is 1.38. The maximum atomic E-state index is 11.3. The highest BCUT2D eigenvalue weighted by molar-refractivity contribution is 7.91. The second-order valence-electron chi connectivity index (χ2n) is 4.00. The van der Waals surface area contributed by atoms with Crippen LogP contribution in [-0.2, 0) is 16.3 Å². The van der Waals surface area contributed by atoms with Crippen LogP contribution in [0.1, 0.15) is 12.5 Å². The summed E-state index contributed by atoms with van der Waals surface area (Å²) in [5, 5.41) is 11.3. The van der Waals surface area contributed by atoms with Crippen molar-refractivity contribution in [3.8, 4) is 5.75 Å². The minimum atomic E-state index is -3.00. The lowest BCUT2D eigenvalue weighted by molar-refractivity contribution is 0.317. The number of nitrogens with two attached hydrogens (primary N) is 1. The third kappa shape index (κ3) is 5.60. The van der Waals surface area contributed by atoms with E-state index in [9.17, 15) is 8.42 Å². The van der Waals surface area contributed by atoms with Gasteiger partial charge in [0, 0.05) is 12.2 Å². The summed E-state index contributed by atoms with van der Waals surface area (Å²) >= 11 is 0. The molecule has 3 N–H and O–H groups in total. The van der Waals surface area contributed by atoms with E-state index in [-0.39, 0.29) is 23.9 Å². The quantitative estimate of drug-likeness (QED) is 0.334. The van der Waals surface area contributed by atoms with Crippen LogP contribution in [0.2, 0.25) is 0 Å². The Bertz CT molecular complexity index is 523. The van der Waals surface area contributed by atoms with E-state index >= 15 is 0 Å². The van der Waals surface area contributed by atoms with E-state index in [1.807, 2.05) is 0 Å². The predicted molar refractivity (Wildman–Crippen MR) is 73.4 cm³/mol. The molecule has 1 aromatic rings. The van der Waals surface area contributed by atoms with E-state index in [0.717, 1.165) is 5.56 Å². The predicted octanol–water partition coefficient (Wildman–Crippen LogP) is 0.789. The second kappa shape index (κ2) is 6.98. The Balaban J connectivity index is 2.49. The lowest BCUT2D eigenvalue weighted by Crippen LogP contribution is -2.16. The summed E-state index contributed by atoms with van der Waals surface area (Å²) < 4.78 is 27.9. The maximum absolute atomic E-state index is 11.3. The van der Waals surface area contributed by atoms with Gasteiger partial charge in [-0.25, -0.2) is 8.42 Å². The van der Waals surface area contributed by atoms with E-state index < -0.39 is 9.84 Å². The third-order valence-electron chi connectivity index (χ3n) is 2.54. The molecule has 106 valence electrons. The number of hydrogen-bond acceptors (Lipinski definition) is 5. The Morgan fingerprint density at radius 3 is 2.53 bits per heavy atom. The van der Waals surface area contributed by atoms with Crippen molar-refractivity contribution in [3.05, 3.63) is 29.8 Å². The molecule has 0 aliphatic carbocycles. The molecule has 0 fully saturated rings. The molecule has 0 saturated carbocycles. The number of rotatable bonds is 7. The molecule has 0 aliphatic rings. The first-order valence-corrected chi connectivity index (χ1v) is 7.67. The highest BCUT2D eigenvalue weighted by atomic mass is 32.2. The minimum absolute atomic E-state index is 0.00930. The Kier molecular flexibility index (Phi) is 5.62. The second-order valence-corrected chi connectivity index (χ2v) is 6.47. The van der Waals surface area contributed by atoms with Gasteiger partial charge in [-0.05, 0) is 17.7 Å². The number of amidine groups is 1. The molecule has 0 atom stereocenters. The summed E-state index contributed by atoms with van der Waals surface area (Å²) in [6, 6.07) is 7.00. The molecule has 0 spiro atoms. The van der Waals surface area contributed by atoms with Crippen LogP contribution in [0.25, 0.3) is 0 Å². The Morgan fingerprint density at radius 2 is 2.00 bits per heavy atom. The smallest absolute Gasteiger partial charge is 0.153 e. The average Bonchev–Trinajstić information content (AvgIpc) is 2.40. The molecule has 0 heterocycles. The molecule has 1 aromatic carbocycles. The van der Waals surface area contributed by atoms with Crippen LogP contribution >= 0.6 is 0 Å². The monoisotopic (exact) mass is 286 g/mol. The van der Waals surface area contributed by atoms with Crippen LogP contribution in [0.4, 0.5) is 0 Å². The van der Waals surface area contributed by atoms with Crippen LogP contribution in [-0.4, -0.2) is 37.6 Å². The van der Waals surface area contributed by atoms with Crippen molar-refractivity contribution < 1.29 is 18.4 Å². The van der Waals surface area contributed by atoms with E-state index in [1.54, 1.807) is 31.2 Å². The van der Waals surface area contributed by atoms with Crippen molar-refractivity contribution >= 4 is 15.7 Å². The van der Waals surface area contributed by atoms with E-state index in [1.165, 1.54) is 0 Å². The highest BCUT2D eigenvalue weighted by Gasteiger charge is 2.07. The molecule has 7 heteroatoms. The zero-order valence-electron chi connectivity index (χ0n) is 10.7. The molecule has 1 rings (SSSR count). The molecule has 0 aliphatic heterocycles. The molecule has 0 radical (unpaired) electrons. The molecular weight excluding hydrogens is 268 g/mol. The summed E-state index contributed by atoms with van der Waals surface area (Å²) in [5.41, 5.74) is 6.27. The first-order chi connectivity index (χ1) is 8.96. The largest absolute Gasteiger partial charge is 0.493 e. The zero-order chi connectivity index (χ0) is 14.3. The summed E-state index contributed by atoms with van der Waals surface area (Å²) in [7, 11) is -3.00. The molecule has 0 amide bonds. The van der Waals surface area contributed by atoms with E-state index in [2.05, 4.69) is 5.16 Å². The number of hydrogen-bond donors (Lipinski definition) is 2. The van der Waals surface area contributed by atoms with Gasteiger partial charge in [0.25, 0.3) is 0 Å². The number of sulfone groups is 1. The molecule has 0 aromatic heterocycles. The molecule has 0 unspecified atom stereocenters. The fraction of sp³-hybridized carbons (Fsp3) is 0.417. The van der Waals surface area contributed by atoms with Crippen LogP contribution in [0.15, 0.2) is 29.4 Å². The molecule has 0 bridgehead atoms. The van der Waals surface area contributed by atoms with Gasteiger partial charge >= 0.3 is 0 Å². The standard InChI is InChI=1S/C12H18N2O4S/c1-2-19(16,17)8-7-18-11-5-3-10(4-6-11)9-12(13)14-15/h3-6,15H,2,7-9H2,1H3,(H2,13,14).